The number of nitrogens with zero attached hydrogens (tertiary/aromatic N) is 2. The Morgan fingerprint density at radius 3 is 2.35 bits per heavy atom. The number of carboxylic acid groups (broad SMARTS) is 1. The average molecular weight is 430 g/mol. The molecule has 1 heterocycles. The lowest BCUT2D eigenvalue weighted by molar-refractivity contribution is -0.679. The molecule has 6 heteroatoms. The predicted octanol–water partition coefficient (Wildman–Crippen LogP) is 1.51. The molecule has 0 aliphatic carbocycles. The number of benzene rings is 1. The third-order valence-corrected chi connectivity index (χ3v) is 3.11. The van der Waals surface area contributed by atoms with Crippen LogP contribution in [-0.2, 0) is 19.9 Å². The molecule has 0 bridgehead atoms. The van der Waals surface area contributed by atoms with E-state index in [4.69, 9.17) is 0 Å². The van der Waals surface area contributed by atoms with Crippen LogP contribution in [-0.4, -0.2) is 30.2 Å². The van der Waals surface area contributed by atoms with Gasteiger partial charge in [-0.05, 0) is 24.1 Å². The van der Waals surface area contributed by atoms with Crippen molar-refractivity contribution >= 4 is 30.1 Å². The standard InChI is InChI=1S/C14H15NO.C3H7NO2.HI/c1-15-10-3-2-6-13(15)9-8-12-5-4-7-14(16)11-12;1-4(2)3(5)6;/h2-7,10-11H,8-9H2,1H3;1-2H3,(H,5,6);1H. The predicted molar refractivity (Wildman–Crippen MR) is 97.6 cm³/mol. The van der Waals surface area contributed by atoms with Crippen LogP contribution in [0.2, 0.25) is 0 Å². The number of amides is 1. The topological polar surface area (TPSA) is 67.5 Å². The molecule has 23 heavy (non-hydrogen) atoms. The van der Waals surface area contributed by atoms with Gasteiger partial charge in [0, 0.05) is 32.6 Å². The van der Waals surface area contributed by atoms with Crippen LogP contribution in [0.15, 0.2) is 48.7 Å². The fourth-order valence-corrected chi connectivity index (χ4v) is 1.80. The summed E-state index contributed by atoms with van der Waals surface area (Å²) in [5.74, 6) is 0.343. The van der Waals surface area contributed by atoms with Crippen LogP contribution < -0.4 is 9.67 Å². The van der Waals surface area contributed by atoms with Crippen molar-refractivity contribution in [3.8, 4) is 5.75 Å². The molecule has 5 nitrogen and oxygen atoms in total. The molecule has 0 saturated heterocycles. The van der Waals surface area contributed by atoms with Gasteiger partial charge in [0.25, 0.3) is 0 Å². The van der Waals surface area contributed by atoms with E-state index in [0.29, 0.717) is 5.75 Å². The molecule has 0 radical (unpaired) electrons. The molecule has 2 aromatic rings. The number of hydrogen-bond donors (Lipinski definition) is 1. The molecule has 0 aliphatic rings. The van der Waals surface area contributed by atoms with Gasteiger partial charge in [0.1, 0.15) is 18.9 Å². The van der Waals surface area contributed by atoms with Crippen LogP contribution in [0.3, 0.4) is 0 Å². The number of phenols is 1. The highest BCUT2D eigenvalue weighted by Crippen LogP contribution is 2.12. The number of carbonyl (C=O) groups excluding carboxylic acids is 1. The van der Waals surface area contributed by atoms with Gasteiger partial charge < -0.3 is 19.9 Å². The lowest BCUT2D eigenvalue weighted by atomic mass is 10.1. The third kappa shape index (κ3) is 8.39. The molecule has 1 amide bonds. The Hall–Kier alpha value is -1.83. The first-order chi connectivity index (χ1) is 10.4. The third-order valence-electron chi connectivity index (χ3n) is 3.11. The molecule has 126 valence electrons. The lowest BCUT2D eigenvalue weighted by Crippen LogP contribution is -2.35. The molecule has 0 unspecified atom stereocenters. The summed E-state index contributed by atoms with van der Waals surface area (Å²) < 4.78 is 2.13. The van der Waals surface area contributed by atoms with Gasteiger partial charge in [0.05, 0.1) is 0 Å². The van der Waals surface area contributed by atoms with Gasteiger partial charge in [-0.2, -0.15) is 0 Å². The molecule has 0 saturated carbocycles. The fourth-order valence-electron chi connectivity index (χ4n) is 1.80. The molecule has 2 rings (SSSR count). The van der Waals surface area contributed by atoms with Crippen LogP contribution in [0, 0.1) is 0 Å². The number of rotatable bonds is 3. The molecule has 0 spiro atoms. The van der Waals surface area contributed by atoms with E-state index < -0.39 is 6.09 Å². The number of hydrogen-bond acceptors (Lipinski definition) is 3. The molecule has 1 aromatic carbocycles. The quantitative estimate of drug-likeness (QED) is 0.593. The normalized spacial score (nSPS) is 9.17. The van der Waals surface area contributed by atoms with Crippen LogP contribution in [0.5, 0.6) is 5.75 Å². The van der Waals surface area contributed by atoms with Gasteiger partial charge in [-0.15, -0.1) is 24.0 Å². The highest BCUT2D eigenvalue weighted by molar-refractivity contribution is 14.0. The number of phenolic OH excluding ortho intramolecular Hbond substituents is 1. The molecule has 0 fully saturated rings. The van der Waals surface area contributed by atoms with E-state index >= 15 is 0 Å². The zero-order chi connectivity index (χ0) is 16.5. The summed E-state index contributed by atoms with van der Waals surface area (Å²) in [5, 5.41) is 18.9. The maximum absolute atomic E-state index is 9.51. The van der Waals surface area contributed by atoms with Crippen molar-refractivity contribution in [2.45, 2.75) is 12.8 Å². The van der Waals surface area contributed by atoms with Crippen LogP contribution in [0.1, 0.15) is 11.3 Å². The molecular formula is C17H23IN2O3. The first kappa shape index (κ1) is 21.2. The Morgan fingerprint density at radius 1 is 1.17 bits per heavy atom. The summed E-state index contributed by atoms with van der Waals surface area (Å²) in [5.41, 5.74) is 2.47. The molecule has 0 aliphatic heterocycles. The molecule has 1 N–H and O–H groups in total. The zero-order valence-corrected chi connectivity index (χ0v) is 15.9. The van der Waals surface area contributed by atoms with Crippen molar-refractivity contribution in [3.05, 3.63) is 59.9 Å². The van der Waals surface area contributed by atoms with Crippen molar-refractivity contribution < 1.29 is 19.6 Å². The maximum atomic E-state index is 9.51. The first-order valence-corrected chi connectivity index (χ1v) is 7.00. The Kier molecular flexibility index (Phi) is 9.96. The average Bonchev–Trinajstić information content (AvgIpc) is 2.47. The monoisotopic (exact) mass is 430 g/mol. The van der Waals surface area contributed by atoms with Gasteiger partial charge in [-0.1, -0.05) is 18.2 Å². The molecular weight excluding hydrogens is 407 g/mol. The van der Waals surface area contributed by atoms with Gasteiger partial charge in [-0.25, -0.2) is 4.57 Å². The second-order valence-electron chi connectivity index (χ2n) is 5.13. The maximum Gasteiger partial charge on any atom is 0.181 e. The Labute approximate surface area is 154 Å². The lowest BCUT2D eigenvalue weighted by Gasteiger charge is -2.10. The number of aromatic hydroxyl groups is 1. The Bertz CT molecular complexity index is 618. The van der Waals surface area contributed by atoms with Gasteiger partial charge in [-0.3, -0.25) is 0 Å². The van der Waals surface area contributed by atoms with Crippen molar-refractivity contribution in [2.24, 2.45) is 7.05 Å². The van der Waals surface area contributed by atoms with E-state index in [2.05, 4.69) is 29.9 Å². The zero-order valence-electron chi connectivity index (χ0n) is 13.6. The SMILES string of the molecule is CN(C)C(=O)[O-].C[n+]1ccccc1CCc1cccc(O)c1.I. The molecule has 0 atom stereocenters. The largest absolute Gasteiger partial charge is 0.530 e. The summed E-state index contributed by atoms with van der Waals surface area (Å²) in [4.78, 5) is 10.5. The van der Waals surface area contributed by atoms with Gasteiger partial charge in [0.15, 0.2) is 11.9 Å². The van der Waals surface area contributed by atoms with E-state index in [1.807, 2.05) is 24.3 Å². The van der Waals surface area contributed by atoms with Gasteiger partial charge >= 0.3 is 0 Å². The summed E-state index contributed by atoms with van der Waals surface area (Å²) in [6.45, 7) is 0. The van der Waals surface area contributed by atoms with E-state index in [0.717, 1.165) is 17.7 Å². The smallest absolute Gasteiger partial charge is 0.181 e. The minimum atomic E-state index is -1.16. The van der Waals surface area contributed by atoms with Crippen molar-refractivity contribution in [1.82, 2.24) is 4.90 Å². The highest BCUT2D eigenvalue weighted by atomic mass is 127. The summed E-state index contributed by atoms with van der Waals surface area (Å²) >= 11 is 0. The van der Waals surface area contributed by atoms with E-state index in [1.54, 1.807) is 6.07 Å². The fraction of sp³-hybridized carbons (Fsp3) is 0.294. The first-order valence-electron chi connectivity index (χ1n) is 7.00. The van der Waals surface area contributed by atoms with Crippen molar-refractivity contribution in [2.75, 3.05) is 14.1 Å². The summed E-state index contributed by atoms with van der Waals surface area (Å²) in [6.07, 6.45) is 2.83. The Balaban J connectivity index is 0.000000599. The number of halogens is 1. The minimum Gasteiger partial charge on any atom is -0.530 e. The van der Waals surface area contributed by atoms with Crippen molar-refractivity contribution in [3.63, 3.8) is 0 Å². The minimum absolute atomic E-state index is 0. The second-order valence-corrected chi connectivity index (χ2v) is 5.13. The van der Waals surface area contributed by atoms with E-state index in [1.165, 1.54) is 25.4 Å². The second kappa shape index (κ2) is 10.8. The van der Waals surface area contributed by atoms with Crippen molar-refractivity contribution in [1.29, 1.82) is 0 Å². The van der Waals surface area contributed by atoms with E-state index in [-0.39, 0.29) is 24.0 Å². The number of carbonyl (C=O) groups is 1. The number of aromatic nitrogens is 1. The summed E-state index contributed by atoms with van der Waals surface area (Å²) in [7, 11) is 4.88. The van der Waals surface area contributed by atoms with Crippen LogP contribution >= 0.6 is 24.0 Å². The van der Waals surface area contributed by atoms with Crippen LogP contribution in [0.25, 0.3) is 0 Å². The van der Waals surface area contributed by atoms with Crippen LogP contribution in [0.4, 0.5) is 4.79 Å². The highest BCUT2D eigenvalue weighted by Gasteiger charge is 2.04. The summed E-state index contributed by atoms with van der Waals surface area (Å²) in [6, 6.07) is 13.7. The number of pyridine rings is 1. The number of aryl methyl sites for hydroxylation is 3. The molecule has 1 aromatic heterocycles. The van der Waals surface area contributed by atoms with E-state index in [9.17, 15) is 15.0 Å². The Morgan fingerprint density at radius 2 is 1.83 bits per heavy atom. The van der Waals surface area contributed by atoms with Gasteiger partial charge in [0.2, 0.25) is 0 Å².